The molecule has 23 heavy (non-hydrogen) atoms. The molecule has 1 atom stereocenters. The molecule has 0 aliphatic carbocycles. The number of non-ortho nitro benzene ring substituents is 1. The Morgan fingerprint density at radius 2 is 1.61 bits per heavy atom. The van der Waals surface area contributed by atoms with Crippen LogP contribution in [0.2, 0.25) is 0 Å². The molecule has 0 bridgehead atoms. The number of nitroso groups, excluding NO2 is 1. The first kappa shape index (κ1) is 16.9. The second-order valence-electron chi connectivity index (χ2n) is 4.36. The topological polar surface area (TPSA) is 119 Å². The average molecular weight is 353 g/mol. The number of sulfonamides is 1. The van der Waals surface area contributed by atoms with Crippen molar-refractivity contribution in [3.8, 4) is 0 Å². The van der Waals surface area contributed by atoms with Crippen molar-refractivity contribution in [2.45, 2.75) is 9.79 Å². The highest BCUT2D eigenvalue weighted by Gasteiger charge is 2.14. The molecule has 2 aromatic carbocycles. The summed E-state index contributed by atoms with van der Waals surface area (Å²) < 4.78 is 28.2. The van der Waals surface area contributed by atoms with Crippen molar-refractivity contribution in [1.82, 2.24) is 0 Å². The Kier molecular flexibility index (Phi) is 4.96. The Labute approximate surface area is 134 Å². The largest absolute Gasteiger partial charge is 0.288 e. The van der Waals surface area contributed by atoms with E-state index in [4.69, 9.17) is 0 Å². The number of nitro benzene ring substituents is 1. The number of nitro groups is 1. The van der Waals surface area contributed by atoms with Gasteiger partial charge in [-0.15, -0.1) is 8.68 Å². The highest BCUT2D eigenvalue weighted by Crippen LogP contribution is 2.20. The first-order chi connectivity index (χ1) is 10.8. The van der Waals surface area contributed by atoms with Gasteiger partial charge < -0.3 is 0 Å². The van der Waals surface area contributed by atoms with Crippen LogP contribution in [-0.2, 0) is 20.7 Å². The Morgan fingerprint density at radius 3 is 2.09 bits per heavy atom. The summed E-state index contributed by atoms with van der Waals surface area (Å²) in [6.07, 6.45) is 1.60. The molecule has 0 saturated carbocycles. The van der Waals surface area contributed by atoms with Gasteiger partial charge in [-0.05, 0) is 47.8 Å². The van der Waals surface area contributed by atoms with Gasteiger partial charge in [-0.3, -0.25) is 10.1 Å². The lowest BCUT2D eigenvalue weighted by molar-refractivity contribution is -0.384. The lowest BCUT2D eigenvalue weighted by Gasteiger charge is -2.03. The van der Waals surface area contributed by atoms with Gasteiger partial charge in [0, 0.05) is 17.0 Å². The lowest BCUT2D eigenvalue weighted by atomic mass is 10.3. The maximum atomic E-state index is 12.2. The van der Waals surface area contributed by atoms with Gasteiger partial charge in [0.25, 0.3) is 15.7 Å². The normalized spacial score (nSPS) is 12.7. The summed E-state index contributed by atoms with van der Waals surface area (Å²) in [5, 5.41) is 13.3. The molecule has 2 rings (SSSR count). The summed E-state index contributed by atoms with van der Waals surface area (Å²) in [6.45, 7) is 0. The molecular formula is C13H11N3O5S2. The van der Waals surface area contributed by atoms with Gasteiger partial charge >= 0.3 is 0 Å². The fourth-order valence-corrected chi connectivity index (χ4v) is 4.55. The highest BCUT2D eigenvalue weighted by atomic mass is 32.3. The number of nitrogens with zero attached hydrogens (tertiary/aromatic N) is 3. The average Bonchev–Trinajstić information content (AvgIpc) is 2.54. The quantitative estimate of drug-likeness (QED) is 0.464. The molecule has 0 aromatic heterocycles. The van der Waals surface area contributed by atoms with Crippen LogP contribution in [0.4, 0.5) is 11.4 Å². The lowest BCUT2D eigenvalue weighted by Crippen LogP contribution is -2.00. The molecule has 0 N–H and O–H groups in total. The van der Waals surface area contributed by atoms with Crippen molar-refractivity contribution in [2.75, 3.05) is 6.26 Å². The van der Waals surface area contributed by atoms with E-state index in [0.29, 0.717) is 4.90 Å². The molecule has 8 nitrogen and oxygen atoms in total. The van der Waals surface area contributed by atoms with E-state index in [1.807, 2.05) is 0 Å². The van der Waals surface area contributed by atoms with Crippen molar-refractivity contribution < 1.29 is 13.3 Å². The van der Waals surface area contributed by atoms with Crippen LogP contribution in [0.15, 0.2) is 67.3 Å². The highest BCUT2D eigenvalue weighted by molar-refractivity contribution is 7.99. The monoisotopic (exact) mass is 353 g/mol. The third-order valence-electron chi connectivity index (χ3n) is 2.84. The smallest absolute Gasteiger partial charge is 0.258 e. The van der Waals surface area contributed by atoms with Crippen LogP contribution in [0.5, 0.6) is 0 Å². The van der Waals surface area contributed by atoms with Crippen molar-refractivity contribution in [1.29, 1.82) is 0 Å². The van der Waals surface area contributed by atoms with Gasteiger partial charge in [0.15, 0.2) is 0 Å². The predicted molar refractivity (Wildman–Crippen MR) is 86.2 cm³/mol. The van der Waals surface area contributed by atoms with Crippen LogP contribution in [-0.4, -0.2) is 19.6 Å². The molecule has 0 fully saturated rings. The molecule has 2 aromatic rings. The molecule has 120 valence electrons. The summed E-state index contributed by atoms with van der Waals surface area (Å²) in [5.74, 6) is 0. The van der Waals surface area contributed by atoms with E-state index < -0.39 is 25.6 Å². The van der Waals surface area contributed by atoms with Crippen LogP contribution < -0.4 is 0 Å². The van der Waals surface area contributed by atoms with Crippen LogP contribution in [0, 0.1) is 15.0 Å². The number of hydrogen-bond donors (Lipinski definition) is 0. The van der Waals surface area contributed by atoms with Crippen LogP contribution >= 0.6 is 0 Å². The maximum absolute atomic E-state index is 12.2. The number of benzene rings is 2. The van der Waals surface area contributed by atoms with Crippen molar-refractivity contribution in [3.05, 3.63) is 63.6 Å². The maximum Gasteiger partial charge on any atom is 0.288 e. The summed E-state index contributed by atoms with van der Waals surface area (Å²) in [6, 6.07) is 10.6. The van der Waals surface area contributed by atoms with Crippen molar-refractivity contribution >= 4 is 32.1 Å². The van der Waals surface area contributed by atoms with E-state index in [0.717, 1.165) is 0 Å². The molecule has 1 unspecified atom stereocenters. The molecule has 0 amide bonds. The third kappa shape index (κ3) is 4.05. The van der Waals surface area contributed by atoms with Crippen molar-refractivity contribution in [2.24, 2.45) is 8.94 Å². The zero-order valence-electron chi connectivity index (χ0n) is 11.8. The minimum absolute atomic E-state index is 0.0499. The summed E-state index contributed by atoms with van der Waals surface area (Å²) in [4.78, 5) is 20.9. The molecule has 0 radical (unpaired) electrons. The molecule has 0 aliphatic heterocycles. The van der Waals surface area contributed by atoms with E-state index in [1.165, 1.54) is 48.5 Å². The summed E-state index contributed by atoms with van der Waals surface area (Å²) >= 11 is 0. The molecule has 0 saturated heterocycles. The number of hydrogen-bond acceptors (Lipinski definition) is 6. The molecule has 0 spiro atoms. The molecule has 0 aliphatic rings. The van der Waals surface area contributed by atoms with Gasteiger partial charge in [-0.2, -0.15) is 8.42 Å². The minimum Gasteiger partial charge on any atom is -0.258 e. The van der Waals surface area contributed by atoms with E-state index in [-0.39, 0.29) is 16.3 Å². The van der Waals surface area contributed by atoms with Gasteiger partial charge in [-0.1, -0.05) is 10.7 Å². The van der Waals surface area contributed by atoms with E-state index >= 15 is 0 Å². The fourth-order valence-electron chi connectivity index (χ4n) is 1.68. The SMILES string of the molecule is CS(=NS(=O)(=O)c1ccc(N=O)cc1)c1ccc([N+](=O)[O-])cc1. The second kappa shape index (κ2) is 6.75. The van der Waals surface area contributed by atoms with Gasteiger partial charge in [-0.25, -0.2) is 0 Å². The predicted octanol–water partition coefficient (Wildman–Crippen LogP) is 3.17. The molecular weight excluding hydrogens is 342 g/mol. The Hall–Kier alpha value is -2.46. The Bertz CT molecular complexity index is 875. The first-order valence-corrected chi connectivity index (χ1v) is 9.18. The Balaban J connectivity index is 2.33. The standard InChI is InChI=1S/C13H11N3O5S2/c1-22(12-6-4-11(5-7-12)16(18)19)15-23(20,21)13-8-2-10(14-17)3-9-13/h2-9H,1H3. The Morgan fingerprint density at radius 1 is 1.04 bits per heavy atom. The van der Waals surface area contributed by atoms with Crippen LogP contribution in [0.25, 0.3) is 0 Å². The minimum atomic E-state index is -3.90. The summed E-state index contributed by atoms with van der Waals surface area (Å²) in [5.41, 5.74) is 0.0420. The zero-order valence-corrected chi connectivity index (χ0v) is 13.5. The first-order valence-electron chi connectivity index (χ1n) is 6.15. The van der Waals surface area contributed by atoms with E-state index in [1.54, 1.807) is 6.26 Å². The van der Waals surface area contributed by atoms with Crippen LogP contribution in [0.1, 0.15) is 0 Å². The van der Waals surface area contributed by atoms with Crippen molar-refractivity contribution in [3.63, 3.8) is 0 Å². The zero-order chi connectivity index (χ0) is 17.0. The summed E-state index contributed by atoms with van der Waals surface area (Å²) in [7, 11) is -4.90. The third-order valence-corrected chi connectivity index (χ3v) is 6.34. The van der Waals surface area contributed by atoms with Gasteiger partial charge in [0.05, 0.1) is 9.82 Å². The fraction of sp³-hybridized carbons (Fsp3) is 0.0769. The van der Waals surface area contributed by atoms with Gasteiger partial charge in [0.1, 0.15) is 5.69 Å². The van der Waals surface area contributed by atoms with Gasteiger partial charge in [0.2, 0.25) is 0 Å². The second-order valence-corrected chi connectivity index (χ2v) is 7.81. The number of rotatable bonds is 5. The van der Waals surface area contributed by atoms with E-state index in [2.05, 4.69) is 8.94 Å². The van der Waals surface area contributed by atoms with E-state index in [9.17, 15) is 23.4 Å². The molecule has 0 heterocycles. The molecule has 10 heteroatoms. The van der Waals surface area contributed by atoms with Crippen LogP contribution in [0.3, 0.4) is 0 Å².